The van der Waals surface area contributed by atoms with Gasteiger partial charge in [-0.3, -0.25) is 4.79 Å². The number of hydrogen-bond acceptors (Lipinski definition) is 3. The second kappa shape index (κ2) is 8.59. The van der Waals surface area contributed by atoms with Gasteiger partial charge in [0, 0.05) is 23.9 Å². The van der Waals surface area contributed by atoms with Gasteiger partial charge in [-0.05, 0) is 49.6 Å². The maximum absolute atomic E-state index is 12.8. The number of thioether (sulfide) groups is 1. The molecule has 0 heterocycles. The summed E-state index contributed by atoms with van der Waals surface area (Å²) in [6.45, 7) is 3.57. The SMILES string of the molecule is CCCN(Cc1ccc(SC)cc1)C(=O)[C@H]1CCC[C@@H](O)C1. The molecular weight excluding hydrogens is 294 g/mol. The summed E-state index contributed by atoms with van der Waals surface area (Å²) in [5.74, 6) is 0.218. The van der Waals surface area contributed by atoms with E-state index in [0.29, 0.717) is 13.0 Å². The average molecular weight is 321 g/mol. The zero-order valence-corrected chi connectivity index (χ0v) is 14.4. The van der Waals surface area contributed by atoms with Gasteiger partial charge in [-0.2, -0.15) is 0 Å². The van der Waals surface area contributed by atoms with E-state index in [1.54, 1.807) is 11.8 Å². The minimum Gasteiger partial charge on any atom is -0.393 e. The number of carbonyl (C=O) groups is 1. The molecule has 3 nitrogen and oxygen atoms in total. The van der Waals surface area contributed by atoms with Gasteiger partial charge >= 0.3 is 0 Å². The van der Waals surface area contributed by atoms with Crippen LogP contribution in [0.5, 0.6) is 0 Å². The molecule has 1 aliphatic carbocycles. The van der Waals surface area contributed by atoms with Crippen LogP contribution >= 0.6 is 11.8 Å². The summed E-state index contributed by atoms with van der Waals surface area (Å²) in [7, 11) is 0. The van der Waals surface area contributed by atoms with Crippen LogP contribution in [0.1, 0.15) is 44.6 Å². The number of nitrogens with zero attached hydrogens (tertiary/aromatic N) is 1. The number of amides is 1. The van der Waals surface area contributed by atoms with Crippen molar-refractivity contribution in [3.8, 4) is 0 Å². The third-order valence-corrected chi connectivity index (χ3v) is 5.08. The normalized spacial score (nSPS) is 21.6. The molecule has 0 bridgehead atoms. The van der Waals surface area contributed by atoms with Crippen LogP contribution in [-0.4, -0.2) is 34.8 Å². The molecule has 1 aromatic rings. The molecule has 0 aromatic heterocycles. The van der Waals surface area contributed by atoms with Crippen LogP contribution in [0, 0.1) is 5.92 Å². The van der Waals surface area contributed by atoms with E-state index in [-0.39, 0.29) is 17.9 Å². The fourth-order valence-corrected chi connectivity index (χ4v) is 3.54. The summed E-state index contributed by atoms with van der Waals surface area (Å²) in [6, 6.07) is 8.44. The van der Waals surface area contributed by atoms with Gasteiger partial charge in [-0.1, -0.05) is 25.5 Å². The highest BCUT2D eigenvalue weighted by Crippen LogP contribution is 2.27. The Labute approximate surface area is 138 Å². The molecule has 122 valence electrons. The lowest BCUT2D eigenvalue weighted by molar-refractivity contribution is -0.138. The average Bonchev–Trinajstić information content (AvgIpc) is 2.54. The van der Waals surface area contributed by atoms with Gasteiger partial charge < -0.3 is 10.0 Å². The molecule has 4 heteroatoms. The summed E-state index contributed by atoms with van der Waals surface area (Å²) >= 11 is 1.73. The van der Waals surface area contributed by atoms with Crippen LogP contribution in [0.3, 0.4) is 0 Å². The fourth-order valence-electron chi connectivity index (χ4n) is 3.13. The van der Waals surface area contributed by atoms with E-state index in [2.05, 4.69) is 37.4 Å². The minimum atomic E-state index is -0.299. The Hall–Kier alpha value is -1.00. The molecule has 0 unspecified atom stereocenters. The van der Waals surface area contributed by atoms with E-state index >= 15 is 0 Å². The third kappa shape index (κ3) is 4.75. The summed E-state index contributed by atoms with van der Waals surface area (Å²) < 4.78 is 0. The van der Waals surface area contributed by atoms with Gasteiger partial charge in [-0.25, -0.2) is 0 Å². The van der Waals surface area contributed by atoms with E-state index in [0.717, 1.165) is 32.2 Å². The van der Waals surface area contributed by atoms with Gasteiger partial charge in [0.1, 0.15) is 0 Å². The molecule has 1 fully saturated rings. The first-order chi connectivity index (χ1) is 10.6. The van der Waals surface area contributed by atoms with Crippen LogP contribution < -0.4 is 0 Å². The summed E-state index contributed by atoms with van der Waals surface area (Å²) in [5.41, 5.74) is 1.18. The Morgan fingerprint density at radius 1 is 1.32 bits per heavy atom. The van der Waals surface area contributed by atoms with Crippen molar-refractivity contribution in [3.63, 3.8) is 0 Å². The lowest BCUT2D eigenvalue weighted by atomic mass is 9.86. The van der Waals surface area contributed by atoms with Crippen molar-refractivity contribution in [2.75, 3.05) is 12.8 Å². The number of hydrogen-bond donors (Lipinski definition) is 1. The predicted molar refractivity (Wildman–Crippen MR) is 91.9 cm³/mol. The van der Waals surface area contributed by atoms with Crippen molar-refractivity contribution >= 4 is 17.7 Å². The molecule has 0 spiro atoms. The second-order valence-corrected chi connectivity index (χ2v) is 7.00. The van der Waals surface area contributed by atoms with Gasteiger partial charge in [0.2, 0.25) is 5.91 Å². The van der Waals surface area contributed by atoms with Crippen molar-refractivity contribution in [1.82, 2.24) is 4.90 Å². The summed E-state index contributed by atoms with van der Waals surface area (Å²) in [4.78, 5) is 16.0. The van der Waals surface area contributed by atoms with E-state index in [4.69, 9.17) is 0 Å². The molecule has 1 aliphatic rings. The quantitative estimate of drug-likeness (QED) is 0.812. The number of benzene rings is 1. The van der Waals surface area contributed by atoms with Crippen LogP contribution in [-0.2, 0) is 11.3 Å². The lowest BCUT2D eigenvalue weighted by Crippen LogP contribution is -2.39. The first-order valence-electron chi connectivity index (χ1n) is 8.23. The molecule has 0 saturated heterocycles. The maximum Gasteiger partial charge on any atom is 0.226 e. The Balaban J connectivity index is 2.02. The predicted octanol–water partition coefficient (Wildman–Crippen LogP) is 3.70. The second-order valence-electron chi connectivity index (χ2n) is 6.13. The van der Waals surface area contributed by atoms with Crippen molar-refractivity contribution in [1.29, 1.82) is 0 Å². The first kappa shape index (κ1) is 17.4. The minimum absolute atomic E-state index is 0.000713. The zero-order valence-electron chi connectivity index (χ0n) is 13.6. The summed E-state index contributed by atoms with van der Waals surface area (Å²) in [5, 5.41) is 9.81. The van der Waals surface area contributed by atoms with Crippen molar-refractivity contribution in [2.24, 2.45) is 5.92 Å². The molecular formula is C18H27NO2S. The molecule has 0 aliphatic heterocycles. The Morgan fingerprint density at radius 2 is 2.05 bits per heavy atom. The number of aliphatic hydroxyl groups excluding tert-OH is 1. The fraction of sp³-hybridized carbons (Fsp3) is 0.611. The molecule has 2 rings (SSSR count). The van der Waals surface area contributed by atoms with Crippen LogP contribution in [0.25, 0.3) is 0 Å². The number of carbonyl (C=O) groups excluding carboxylic acids is 1. The molecule has 1 amide bonds. The topological polar surface area (TPSA) is 40.5 Å². The largest absolute Gasteiger partial charge is 0.393 e. The Kier molecular flexibility index (Phi) is 6.77. The Morgan fingerprint density at radius 3 is 2.64 bits per heavy atom. The smallest absolute Gasteiger partial charge is 0.226 e. The molecule has 1 saturated carbocycles. The molecule has 0 radical (unpaired) electrons. The standard InChI is InChI=1S/C18H27NO2S/c1-3-11-19(13-14-7-9-17(22-2)10-8-14)18(21)15-5-4-6-16(20)12-15/h7-10,15-16,20H,3-6,11-13H2,1-2H3/t15-,16+/m0/s1. The monoisotopic (exact) mass is 321 g/mol. The highest BCUT2D eigenvalue weighted by Gasteiger charge is 2.29. The molecule has 2 atom stereocenters. The zero-order chi connectivity index (χ0) is 15.9. The molecule has 22 heavy (non-hydrogen) atoms. The maximum atomic E-state index is 12.8. The van der Waals surface area contributed by atoms with Crippen molar-refractivity contribution < 1.29 is 9.90 Å². The highest BCUT2D eigenvalue weighted by atomic mass is 32.2. The van der Waals surface area contributed by atoms with Crippen molar-refractivity contribution in [2.45, 2.75) is 56.6 Å². The highest BCUT2D eigenvalue weighted by molar-refractivity contribution is 7.98. The summed E-state index contributed by atoms with van der Waals surface area (Å²) in [6.07, 6.45) is 6.08. The number of rotatable bonds is 6. The molecule has 1 aromatic carbocycles. The first-order valence-corrected chi connectivity index (χ1v) is 9.46. The van der Waals surface area contributed by atoms with E-state index < -0.39 is 0 Å². The van der Waals surface area contributed by atoms with Crippen LogP contribution in [0.15, 0.2) is 29.2 Å². The van der Waals surface area contributed by atoms with Gasteiger partial charge in [-0.15, -0.1) is 11.8 Å². The van der Waals surface area contributed by atoms with Crippen LogP contribution in [0.4, 0.5) is 0 Å². The van der Waals surface area contributed by atoms with E-state index in [9.17, 15) is 9.90 Å². The van der Waals surface area contributed by atoms with Crippen molar-refractivity contribution in [3.05, 3.63) is 29.8 Å². The van der Waals surface area contributed by atoms with Crippen LogP contribution in [0.2, 0.25) is 0 Å². The van der Waals surface area contributed by atoms with E-state index in [1.165, 1.54) is 10.5 Å². The Bertz CT molecular complexity index is 474. The van der Waals surface area contributed by atoms with Gasteiger partial charge in [0.25, 0.3) is 0 Å². The lowest BCUT2D eigenvalue weighted by Gasteiger charge is -2.31. The van der Waals surface area contributed by atoms with Gasteiger partial charge in [0.15, 0.2) is 0 Å². The third-order valence-electron chi connectivity index (χ3n) is 4.33. The van der Waals surface area contributed by atoms with Gasteiger partial charge in [0.05, 0.1) is 6.10 Å². The number of aliphatic hydroxyl groups is 1. The van der Waals surface area contributed by atoms with E-state index in [1.807, 2.05) is 4.90 Å². The molecule has 1 N–H and O–H groups in total.